The first-order valence-corrected chi connectivity index (χ1v) is 10.0. The third-order valence-electron chi connectivity index (χ3n) is 4.24. The van der Waals surface area contributed by atoms with E-state index in [0.717, 1.165) is 18.2 Å². The lowest BCUT2D eigenvalue weighted by molar-refractivity contribution is -0.394. The third-order valence-corrected chi connectivity index (χ3v) is 5.04. The maximum absolute atomic E-state index is 11.4. The molecule has 0 heterocycles. The fourth-order valence-corrected chi connectivity index (χ4v) is 3.42. The molecule has 3 aromatic carbocycles. The first-order chi connectivity index (χ1) is 15.7. The van der Waals surface area contributed by atoms with Gasteiger partial charge in [-0.25, -0.2) is 0 Å². The molecular formula is C20H13IN4O8. The number of aliphatic imine (C=N–C) groups is 1. The summed E-state index contributed by atoms with van der Waals surface area (Å²) in [6.45, 7) is 0. The van der Waals surface area contributed by atoms with E-state index < -0.39 is 26.1 Å². The minimum Gasteiger partial charge on any atom is -0.493 e. The van der Waals surface area contributed by atoms with Crippen molar-refractivity contribution in [1.29, 1.82) is 0 Å². The van der Waals surface area contributed by atoms with Crippen molar-refractivity contribution in [2.75, 3.05) is 7.11 Å². The zero-order valence-corrected chi connectivity index (χ0v) is 18.9. The van der Waals surface area contributed by atoms with E-state index in [1.807, 2.05) is 22.6 Å². The van der Waals surface area contributed by atoms with Gasteiger partial charge >= 0.3 is 5.69 Å². The normalized spacial score (nSPS) is 10.7. The molecule has 13 heteroatoms. The SMILES string of the molecule is COc1cc(C=Nc2ccc([N+](=O)[O-])cc2)cc(I)c1Oc1ccc([N+](=O)[O-])cc1[N+](=O)[O-]. The van der Waals surface area contributed by atoms with Crippen LogP contribution in [-0.2, 0) is 0 Å². The molecule has 0 aliphatic heterocycles. The zero-order chi connectivity index (χ0) is 24.1. The molecule has 0 amide bonds. The van der Waals surface area contributed by atoms with Gasteiger partial charge in [0.25, 0.3) is 11.4 Å². The van der Waals surface area contributed by atoms with Gasteiger partial charge in [0.05, 0.1) is 37.2 Å². The van der Waals surface area contributed by atoms with Crippen LogP contribution in [0, 0.1) is 33.9 Å². The van der Waals surface area contributed by atoms with Crippen molar-refractivity contribution in [3.05, 3.63) is 94.1 Å². The Morgan fingerprint density at radius 1 is 0.848 bits per heavy atom. The Morgan fingerprint density at radius 3 is 2.06 bits per heavy atom. The predicted molar refractivity (Wildman–Crippen MR) is 126 cm³/mol. The summed E-state index contributed by atoms with van der Waals surface area (Å²) in [5, 5.41) is 33.0. The lowest BCUT2D eigenvalue weighted by atomic mass is 10.2. The van der Waals surface area contributed by atoms with Gasteiger partial charge in [-0.1, -0.05) is 0 Å². The summed E-state index contributed by atoms with van der Waals surface area (Å²) in [6, 6.07) is 12.0. The zero-order valence-electron chi connectivity index (χ0n) is 16.7. The number of methoxy groups -OCH3 is 1. The van der Waals surface area contributed by atoms with Crippen LogP contribution in [0.2, 0.25) is 0 Å². The minimum absolute atomic E-state index is 0.0491. The second-order valence-electron chi connectivity index (χ2n) is 6.33. The lowest BCUT2D eigenvalue weighted by Crippen LogP contribution is -1.99. The number of rotatable bonds is 8. The highest BCUT2D eigenvalue weighted by molar-refractivity contribution is 14.1. The van der Waals surface area contributed by atoms with Crippen molar-refractivity contribution < 1.29 is 24.2 Å². The molecule has 0 spiro atoms. The van der Waals surface area contributed by atoms with E-state index in [2.05, 4.69) is 4.99 Å². The summed E-state index contributed by atoms with van der Waals surface area (Å²) in [6.07, 6.45) is 1.52. The van der Waals surface area contributed by atoms with Crippen LogP contribution in [0.4, 0.5) is 22.7 Å². The van der Waals surface area contributed by atoms with Crippen LogP contribution in [0.25, 0.3) is 0 Å². The summed E-state index contributed by atoms with van der Waals surface area (Å²) in [5.41, 5.74) is 0.0583. The minimum atomic E-state index is -0.771. The van der Waals surface area contributed by atoms with Crippen molar-refractivity contribution in [3.8, 4) is 17.2 Å². The smallest absolute Gasteiger partial charge is 0.318 e. The summed E-state index contributed by atoms with van der Waals surface area (Å²) in [4.78, 5) is 35.3. The van der Waals surface area contributed by atoms with Gasteiger partial charge in [0.15, 0.2) is 11.5 Å². The van der Waals surface area contributed by atoms with E-state index in [-0.39, 0.29) is 22.9 Å². The van der Waals surface area contributed by atoms with E-state index in [1.54, 1.807) is 12.1 Å². The molecule has 0 N–H and O–H groups in total. The Hall–Kier alpha value is -4.14. The molecule has 0 aliphatic carbocycles. The van der Waals surface area contributed by atoms with E-state index >= 15 is 0 Å². The summed E-state index contributed by atoms with van der Waals surface area (Å²) in [5.74, 6) is 0.247. The van der Waals surface area contributed by atoms with Gasteiger partial charge in [0, 0.05) is 24.4 Å². The molecule has 0 unspecified atom stereocenters. The van der Waals surface area contributed by atoms with Crippen molar-refractivity contribution in [3.63, 3.8) is 0 Å². The Morgan fingerprint density at radius 2 is 1.48 bits per heavy atom. The lowest BCUT2D eigenvalue weighted by Gasteiger charge is -2.13. The maximum Gasteiger partial charge on any atom is 0.318 e. The second-order valence-corrected chi connectivity index (χ2v) is 7.50. The Bertz CT molecular complexity index is 1280. The van der Waals surface area contributed by atoms with Gasteiger partial charge in [-0.2, -0.15) is 0 Å². The largest absolute Gasteiger partial charge is 0.493 e. The van der Waals surface area contributed by atoms with Crippen molar-refractivity contribution in [1.82, 2.24) is 0 Å². The second kappa shape index (κ2) is 9.99. The van der Waals surface area contributed by atoms with Gasteiger partial charge in [0.1, 0.15) is 0 Å². The molecule has 0 saturated heterocycles. The van der Waals surface area contributed by atoms with Gasteiger partial charge in [-0.3, -0.25) is 35.3 Å². The number of nitro benzene ring substituents is 3. The average molecular weight is 564 g/mol. The van der Waals surface area contributed by atoms with Gasteiger partial charge in [0.2, 0.25) is 5.75 Å². The molecule has 0 fully saturated rings. The molecule has 0 saturated carbocycles. The molecule has 168 valence electrons. The fourth-order valence-electron chi connectivity index (χ4n) is 2.68. The van der Waals surface area contributed by atoms with Gasteiger partial charge in [-0.05, 0) is 58.5 Å². The fraction of sp³-hybridized carbons (Fsp3) is 0.0500. The van der Waals surface area contributed by atoms with Crippen LogP contribution in [0.5, 0.6) is 17.2 Å². The summed E-state index contributed by atoms with van der Waals surface area (Å²) < 4.78 is 11.6. The Labute approximate surface area is 199 Å². The van der Waals surface area contributed by atoms with E-state index in [4.69, 9.17) is 9.47 Å². The van der Waals surface area contributed by atoms with Crippen molar-refractivity contribution in [2.24, 2.45) is 4.99 Å². The molecule has 0 bridgehead atoms. The highest BCUT2D eigenvalue weighted by Gasteiger charge is 2.23. The average Bonchev–Trinajstić information content (AvgIpc) is 2.79. The summed E-state index contributed by atoms with van der Waals surface area (Å²) >= 11 is 1.95. The number of nitro groups is 3. The van der Waals surface area contributed by atoms with Crippen LogP contribution in [0.15, 0.2) is 59.6 Å². The van der Waals surface area contributed by atoms with Crippen LogP contribution < -0.4 is 9.47 Å². The van der Waals surface area contributed by atoms with Gasteiger partial charge in [-0.15, -0.1) is 0 Å². The topological polar surface area (TPSA) is 160 Å². The van der Waals surface area contributed by atoms with Crippen LogP contribution in [-0.4, -0.2) is 28.1 Å². The van der Waals surface area contributed by atoms with Crippen LogP contribution in [0.1, 0.15) is 5.56 Å². The summed E-state index contributed by atoms with van der Waals surface area (Å²) in [7, 11) is 1.39. The molecule has 0 aromatic heterocycles. The standard InChI is InChI=1S/C20H13IN4O8/c1-32-19-9-12(11-22-13-2-4-14(5-3-13)23(26)27)8-16(21)20(19)33-18-7-6-15(24(28)29)10-17(18)25(30)31/h2-11H,1H3. The van der Waals surface area contributed by atoms with Crippen LogP contribution in [0.3, 0.4) is 0 Å². The molecule has 0 atom stereocenters. The maximum atomic E-state index is 11.4. The number of ether oxygens (including phenoxy) is 2. The highest BCUT2D eigenvalue weighted by Crippen LogP contribution is 2.41. The van der Waals surface area contributed by atoms with Crippen molar-refractivity contribution in [2.45, 2.75) is 0 Å². The monoisotopic (exact) mass is 564 g/mol. The predicted octanol–water partition coefficient (Wildman–Crippen LogP) is 5.57. The number of non-ortho nitro benzene ring substituents is 2. The molecular weight excluding hydrogens is 551 g/mol. The molecule has 3 rings (SSSR count). The highest BCUT2D eigenvalue weighted by atomic mass is 127. The van der Waals surface area contributed by atoms with E-state index in [9.17, 15) is 30.3 Å². The quantitative estimate of drug-likeness (QED) is 0.149. The first-order valence-electron chi connectivity index (χ1n) is 8.96. The van der Waals surface area contributed by atoms with E-state index in [1.165, 1.54) is 37.6 Å². The number of hydrogen-bond acceptors (Lipinski definition) is 9. The molecule has 33 heavy (non-hydrogen) atoms. The third kappa shape index (κ3) is 5.57. The first kappa shape index (κ1) is 23.5. The molecule has 3 aromatic rings. The van der Waals surface area contributed by atoms with E-state index in [0.29, 0.717) is 14.8 Å². The number of hydrogen-bond donors (Lipinski definition) is 0. The Balaban J connectivity index is 1.92. The molecule has 0 radical (unpaired) electrons. The number of benzene rings is 3. The number of nitrogens with zero attached hydrogens (tertiary/aromatic N) is 4. The van der Waals surface area contributed by atoms with Gasteiger partial charge < -0.3 is 9.47 Å². The Kier molecular flexibility index (Phi) is 7.12. The van der Waals surface area contributed by atoms with Crippen molar-refractivity contribution >= 4 is 51.6 Å². The number of halogens is 1. The van der Waals surface area contributed by atoms with Crippen LogP contribution >= 0.6 is 22.6 Å². The molecule has 0 aliphatic rings. The molecule has 12 nitrogen and oxygen atoms in total.